The average molecular weight is 362 g/mol. The van der Waals surface area contributed by atoms with E-state index in [1.165, 1.54) is 38.5 Å². The topological polar surface area (TPSA) is 116 Å². The van der Waals surface area contributed by atoms with Crippen LogP contribution < -0.4 is 0 Å². The maximum absolute atomic E-state index is 11.0. The zero-order valence-corrected chi connectivity index (χ0v) is 14.5. The second-order valence-corrected chi connectivity index (χ2v) is 7.16. The van der Waals surface area contributed by atoms with Crippen LogP contribution in [0.5, 0.6) is 0 Å². The predicted octanol–water partition coefficient (Wildman–Crippen LogP) is 2.92. The molecule has 0 aromatic carbocycles. The normalized spacial score (nSPS) is 12.6. The number of hydrogen-bond acceptors (Lipinski definition) is 7. The highest BCUT2D eigenvalue weighted by Gasteiger charge is 2.18. The Balaban J connectivity index is 3.45. The van der Waals surface area contributed by atoms with Gasteiger partial charge in [0.2, 0.25) is 0 Å². The van der Waals surface area contributed by atoms with Crippen molar-refractivity contribution in [1.29, 1.82) is 0 Å². The lowest BCUT2D eigenvalue weighted by molar-refractivity contribution is -0.108. The Bertz CT molecular complexity index is 458. The fraction of sp³-hybridized carbons (Fsp3) is 1.00. The third-order valence-corrected chi connectivity index (χ3v) is 3.94. The van der Waals surface area contributed by atoms with Gasteiger partial charge in [0.25, 0.3) is 0 Å². The molecule has 22 heavy (non-hydrogen) atoms. The fourth-order valence-corrected chi connectivity index (χ4v) is 2.75. The van der Waals surface area contributed by atoms with Crippen LogP contribution in [0.1, 0.15) is 71.1 Å². The molecule has 0 aliphatic heterocycles. The van der Waals surface area contributed by atoms with E-state index in [9.17, 15) is 16.8 Å². The summed E-state index contributed by atoms with van der Waals surface area (Å²) in [5.41, 5.74) is 0. The quantitative estimate of drug-likeness (QED) is 0.204. The molecule has 0 radical (unpaired) electrons. The first-order chi connectivity index (χ1) is 10.3. The molecule has 0 saturated heterocycles. The van der Waals surface area contributed by atoms with E-state index in [4.69, 9.17) is 4.55 Å². The molecule has 0 fully saturated rings. The smallest absolute Gasteiger partial charge is 0.262 e. The first-order valence-corrected chi connectivity index (χ1v) is 10.2. The van der Waals surface area contributed by atoms with Crippen molar-refractivity contribution in [3.63, 3.8) is 0 Å². The summed E-state index contributed by atoms with van der Waals surface area (Å²) in [6.07, 6.45) is 10.9. The third kappa shape index (κ3) is 16.1. The molecule has 0 aliphatic carbocycles. The Morgan fingerprint density at radius 2 is 1.18 bits per heavy atom. The van der Waals surface area contributed by atoms with Crippen molar-refractivity contribution in [2.75, 3.05) is 6.61 Å². The Morgan fingerprint density at radius 3 is 1.64 bits per heavy atom. The van der Waals surface area contributed by atoms with Gasteiger partial charge in [-0.1, -0.05) is 73.4 Å². The Kier molecular flexibility index (Phi) is 12.1. The minimum atomic E-state index is -4.99. The Morgan fingerprint density at radius 1 is 0.727 bits per heavy atom. The van der Waals surface area contributed by atoms with Gasteiger partial charge in [-0.05, 0) is 6.42 Å². The highest BCUT2D eigenvalue weighted by molar-refractivity contribution is 7.83. The Labute approximate surface area is 133 Å². The molecule has 1 N–H and O–H groups in total. The predicted molar refractivity (Wildman–Crippen MR) is 80.4 cm³/mol. The largest absolute Gasteiger partial charge is 0.427 e. The van der Waals surface area contributed by atoms with Gasteiger partial charge in [-0.3, -0.25) is 4.55 Å². The van der Waals surface area contributed by atoms with E-state index in [2.05, 4.69) is 19.8 Å². The first kappa shape index (κ1) is 21.7. The molecule has 0 spiro atoms. The summed E-state index contributed by atoms with van der Waals surface area (Å²) < 4.78 is 61.5. The van der Waals surface area contributed by atoms with Gasteiger partial charge in [0.05, 0.1) is 6.61 Å². The maximum Gasteiger partial charge on any atom is 0.427 e. The summed E-state index contributed by atoms with van der Waals surface area (Å²) in [4.78, 5) is 0. The van der Waals surface area contributed by atoms with Crippen molar-refractivity contribution in [3.8, 4) is 0 Å². The van der Waals surface area contributed by atoms with E-state index in [0.717, 1.165) is 19.3 Å². The van der Waals surface area contributed by atoms with Crippen LogP contribution in [0.4, 0.5) is 0 Å². The van der Waals surface area contributed by atoms with Crippen molar-refractivity contribution in [1.82, 2.24) is 0 Å². The van der Waals surface area contributed by atoms with Crippen LogP contribution in [0.25, 0.3) is 0 Å². The molecule has 134 valence electrons. The summed E-state index contributed by atoms with van der Waals surface area (Å²) >= 11 is 0. The van der Waals surface area contributed by atoms with Gasteiger partial charge in [0.1, 0.15) is 0 Å². The van der Waals surface area contributed by atoms with Crippen LogP contribution >= 0.6 is 0 Å². The molecule has 0 aromatic heterocycles. The minimum absolute atomic E-state index is 0.131. The highest BCUT2D eigenvalue weighted by Crippen LogP contribution is 2.11. The molecule has 0 aliphatic rings. The minimum Gasteiger partial charge on any atom is -0.262 e. The van der Waals surface area contributed by atoms with E-state index in [1.54, 1.807) is 0 Å². The summed E-state index contributed by atoms with van der Waals surface area (Å²) in [6, 6.07) is 0. The summed E-state index contributed by atoms with van der Waals surface area (Å²) in [5.74, 6) is 0. The highest BCUT2D eigenvalue weighted by atomic mass is 32.3. The third-order valence-electron chi connectivity index (χ3n) is 2.92. The van der Waals surface area contributed by atoms with Crippen LogP contribution in [0, 0.1) is 0 Å². The molecule has 10 heteroatoms. The van der Waals surface area contributed by atoms with Gasteiger partial charge >= 0.3 is 20.8 Å². The van der Waals surface area contributed by atoms with Crippen LogP contribution in [0.2, 0.25) is 0 Å². The van der Waals surface area contributed by atoms with Crippen LogP contribution in [0.15, 0.2) is 0 Å². The van der Waals surface area contributed by atoms with E-state index in [1.807, 2.05) is 0 Å². The van der Waals surface area contributed by atoms with Gasteiger partial charge < -0.3 is 0 Å². The molecule has 0 rings (SSSR count). The molecular formula is C12H26O8S2. The van der Waals surface area contributed by atoms with E-state index >= 15 is 0 Å². The van der Waals surface area contributed by atoms with Crippen LogP contribution in [0.3, 0.4) is 0 Å². The van der Waals surface area contributed by atoms with E-state index in [0.29, 0.717) is 6.42 Å². The molecule has 0 saturated carbocycles. The SMILES string of the molecule is CCCCCCCCCCCCOS(=O)(=O)OOS(=O)(=O)O. The van der Waals surface area contributed by atoms with Crippen LogP contribution in [-0.2, 0) is 33.6 Å². The van der Waals surface area contributed by atoms with Crippen LogP contribution in [-0.4, -0.2) is 28.0 Å². The van der Waals surface area contributed by atoms with Crippen molar-refractivity contribution < 1.29 is 34.2 Å². The fourth-order valence-electron chi connectivity index (χ4n) is 1.84. The van der Waals surface area contributed by atoms with Crippen molar-refractivity contribution in [2.24, 2.45) is 0 Å². The maximum atomic E-state index is 11.0. The molecule has 0 atom stereocenters. The van der Waals surface area contributed by atoms with Gasteiger partial charge in [-0.2, -0.15) is 16.8 Å². The second-order valence-electron chi connectivity index (χ2n) is 4.98. The van der Waals surface area contributed by atoms with Crippen molar-refractivity contribution >= 4 is 20.8 Å². The number of rotatable bonds is 15. The monoisotopic (exact) mass is 362 g/mol. The molecule has 0 bridgehead atoms. The average Bonchev–Trinajstić information content (AvgIpc) is 2.42. The van der Waals surface area contributed by atoms with E-state index in [-0.39, 0.29) is 6.61 Å². The molecule has 8 nitrogen and oxygen atoms in total. The van der Waals surface area contributed by atoms with Gasteiger partial charge in [-0.25, -0.2) is 4.18 Å². The molecule has 0 heterocycles. The molecule has 0 unspecified atom stereocenters. The lowest BCUT2D eigenvalue weighted by Crippen LogP contribution is -2.14. The lowest BCUT2D eigenvalue weighted by atomic mass is 10.1. The summed E-state index contributed by atoms with van der Waals surface area (Å²) in [5, 5.41) is 0. The summed E-state index contributed by atoms with van der Waals surface area (Å²) in [7, 11) is -9.58. The van der Waals surface area contributed by atoms with Crippen molar-refractivity contribution in [2.45, 2.75) is 71.1 Å². The standard InChI is InChI=1S/C12H26O8S2/c1-2-3-4-5-6-7-8-9-10-11-12-18-22(16,17)20-19-21(13,14)15/h2-12H2,1H3,(H,13,14,15). The zero-order valence-electron chi connectivity index (χ0n) is 12.9. The molecule has 0 aromatic rings. The second kappa shape index (κ2) is 12.2. The number of unbranched alkanes of at least 4 members (excludes halogenated alkanes) is 9. The van der Waals surface area contributed by atoms with Gasteiger partial charge in [0.15, 0.2) is 0 Å². The molecule has 0 amide bonds. The Hall–Kier alpha value is -0.260. The first-order valence-electron chi connectivity index (χ1n) is 7.51. The zero-order chi connectivity index (χ0) is 16.9. The van der Waals surface area contributed by atoms with Gasteiger partial charge in [0, 0.05) is 0 Å². The lowest BCUT2D eigenvalue weighted by Gasteiger charge is -2.04. The van der Waals surface area contributed by atoms with Gasteiger partial charge in [-0.15, -0.1) is 0 Å². The number of hydrogen-bond donors (Lipinski definition) is 1. The summed E-state index contributed by atoms with van der Waals surface area (Å²) in [6.45, 7) is 2.05. The van der Waals surface area contributed by atoms with E-state index < -0.39 is 20.8 Å². The van der Waals surface area contributed by atoms with Crippen molar-refractivity contribution in [3.05, 3.63) is 0 Å². The molecular weight excluding hydrogens is 336 g/mol.